The Balaban J connectivity index is 1.31. The number of benzene rings is 1. The summed E-state index contributed by atoms with van der Waals surface area (Å²) in [6.07, 6.45) is 3.98. The molecule has 1 aliphatic carbocycles. The molecular formula is C22H27N3O5S. The largest absolute Gasteiger partial charge is 0.488 e. The van der Waals surface area contributed by atoms with Gasteiger partial charge in [0, 0.05) is 32.5 Å². The lowest BCUT2D eigenvalue weighted by Crippen LogP contribution is -2.42. The Kier molecular flexibility index (Phi) is 6.52. The van der Waals surface area contributed by atoms with Gasteiger partial charge in [0.2, 0.25) is 5.91 Å². The molecule has 1 N–H and O–H groups in total. The first-order valence-corrected chi connectivity index (χ1v) is 11.3. The fourth-order valence-electron chi connectivity index (χ4n) is 4.39. The van der Waals surface area contributed by atoms with Gasteiger partial charge in [-0.2, -0.15) is 0 Å². The number of aromatic nitrogens is 2. The molecule has 1 saturated heterocycles. The number of thioether (sulfide) groups is 1. The maximum Gasteiger partial charge on any atom is 0.337 e. The van der Waals surface area contributed by atoms with Gasteiger partial charge in [-0.15, -0.1) is 0 Å². The van der Waals surface area contributed by atoms with E-state index in [1.165, 1.54) is 18.9 Å². The predicted octanol–water partition coefficient (Wildman–Crippen LogP) is 1.98. The molecule has 2 aromatic rings. The van der Waals surface area contributed by atoms with Crippen molar-refractivity contribution in [1.82, 2.24) is 14.5 Å². The summed E-state index contributed by atoms with van der Waals surface area (Å²) in [6, 6.07) is 6.72. The normalized spacial score (nSPS) is 25.2. The zero-order valence-corrected chi connectivity index (χ0v) is 18.5. The van der Waals surface area contributed by atoms with Crippen LogP contribution in [0.5, 0.6) is 5.75 Å². The van der Waals surface area contributed by atoms with E-state index in [-0.39, 0.29) is 12.0 Å². The van der Waals surface area contributed by atoms with E-state index in [1.807, 2.05) is 22.7 Å². The standard InChI is InChI=1S/C22H27N3O5S/c1-24-8-7-23-22(24)31-13-20(27)25-11-15-9-18(26)19(10-16(15)12-25)30-17-5-3-14(4-6-17)21(28)29-2/h3-8,15-16,18-19,26H,9-13H2,1-2H3/t15-,16+,18+,19+/m0/s1. The molecule has 31 heavy (non-hydrogen) atoms. The number of carbonyl (C=O) groups excluding carboxylic acids is 2. The fraction of sp³-hybridized carbons (Fsp3) is 0.500. The predicted molar refractivity (Wildman–Crippen MR) is 115 cm³/mol. The number of aliphatic hydroxyl groups is 1. The summed E-state index contributed by atoms with van der Waals surface area (Å²) in [5.41, 5.74) is 0.451. The first-order chi connectivity index (χ1) is 14.9. The second kappa shape index (κ2) is 9.32. The molecule has 0 bridgehead atoms. The van der Waals surface area contributed by atoms with Gasteiger partial charge < -0.3 is 24.0 Å². The molecule has 2 heterocycles. The number of amides is 1. The van der Waals surface area contributed by atoms with Crippen LogP contribution in [0.3, 0.4) is 0 Å². The van der Waals surface area contributed by atoms with Crippen LogP contribution in [0.4, 0.5) is 0 Å². The molecule has 0 spiro atoms. The summed E-state index contributed by atoms with van der Waals surface area (Å²) >= 11 is 1.44. The van der Waals surface area contributed by atoms with Crippen molar-refractivity contribution >= 4 is 23.6 Å². The summed E-state index contributed by atoms with van der Waals surface area (Å²) in [4.78, 5) is 30.4. The van der Waals surface area contributed by atoms with Crippen molar-refractivity contribution in [2.45, 2.75) is 30.2 Å². The number of aryl methyl sites for hydroxylation is 1. The maximum absolute atomic E-state index is 12.7. The zero-order chi connectivity index (χ0) is 22.0. The highest BCUT2D eigenvalue weighted by Crippen LogP contribution is 2.38. The molecule has 9 heteroatoms. The second-order valence-corrected chi connectivity index (χ2v) is 9.08. The van der Waals surface area contributed by atoms with Crippen molar-refractivity contribution in [3.05, 3.63) is 42.2 Å². The number of aliphatic hydroxyl groups excluding tert-OH is 1. The van der Waals surface area contributed by atoms with Crippen LogP contribution in [0, 0.1) is 11.8 Å². The lowest BCUT2D eigenvalue weighted by Gasteiger charge is -2.35. The van der Waals surface area contributed by atoms with E-state index in [0.29, 0.717) is 54.8 Å². The smallest absolute Gasteiger partial charge is 0.337 e. The third-order valence-corrected chi connectivity index (χ3v) is 7.15. The van der Waals surface area contributed by atoms with Gasteiger partial charge in [0.1, 0.15) is 11.9 Å². The van der Waals surface area contributed by atoms with Crippen molar-refractivity contribution in [3.8, 4) is 5.75 Å². The van der Waals surface area contributed by atoms with Gasteiger partial charge in [0.05, 0.1) is 24.5 Å². The van der Waals surface area contributed by atoms with Crippen LogP contribution < -0.4 is 4.74 Å². The third-order valence-electron chi connectivity index (χ3n) is 6.10. The number of hydrogen-bond acceptors (Lipinski definition) is 7. The number of fused-ring (bicyclic) bond motifs is 1. The SMILES string of the molecule is COC(=O)c1ccc(O[C@@H]2C[C@@H]3CN(C(=O)CSc4nccn4C)C[C@@H]3C[C@H]2O)cc1. The Labute approximate surface area is 185 Å². The zero-order valence-electron chi connectivity index (χ0n) is 17.6. The molecule has 166 valence electrons. The van der Waals surface area contributed by atoms with Gasteiger partial charge in [-0.1, -0.05) is 11.8 Å². The molecule has 1 aromatic carbocycles. The van der Waals surface area contributed by atoms with E-state index in [1.54, 1.807) is 30.5 Å². The molecule has 2 fully saturated rings. The minimum Gasteiger partial charge on any atom is -0.488 e. The number of rotatable bonds is 6. The molecule has 8 nitrogen and oxygen atoms in total. The Bertz CT molecular complexity index is 931. The first-order valence-electron chi connectivity index (χ1n) is 10.4. The first kappa shape index (κ1) is 21.7. The average molecular weight is 446 g/mol. The molecule has 1 aliphatic heterocycles. The Hall–Kier alpha value is -2.52. The lowest BCUT2D eigenvalue weighted by atomic mass is 9.78. The minimum absolute atomic E-state index is 0.104. The van der Waals surface area contributed by atoms with Crippen molar-refractivity contribution in [3.63, 3.8) is 0 Å². The van der Waals surface area contributed by atoms with Gasteiger partial charge in [-0.25, -0.2) is 9.78 Å². The molecule has 0 radical (unpaired) electrons. The molecule has 0 unspecified atom stereocenters. The van der Waals surface area contributed by atoms with Crippen LogP contribution in [-0.4, -0.2) is 69.6 Å². The van der Waals surface area contributed by atoms with E-state index in [9.17, 15) is 14.7 Å². The number of ether oxygens (including phenoxy) is 2. The summed E-state index contributed by atoms with van der Waals surface area (Å²) in [5.74, 6) is 1.27. The van der Waals surface area contributed by atoms with Crippen molar-refractivity contribution in [2.75, 3.05) is 26.0 Å². The molecule has 4 rings (SSSR count). The fourth-order valence-corrected chi connectivity index (χ4v) is 5.23. The van der Waals surface area contributed by atoms with E-state index < -0.39 is 12.1 Å². The number of nitrogens with zero attached hydrogens (tertiary/aromatic N) is 3. The highest BCUT2D eigenvalue weighted by atomic mass is 32.2. The Morgan fingerprint density at radius 1 is 1.19 bits per heavy atom. The van der Waals surface area contributed by atoms with Crippen molar-refractivity contribution < 1.29 is 24.2 Å². The van der Waals surface area contributed by atoms with Crippen LogP contribution >= 0.6 is 11.8 Å². The van der Waals surface area contributed by atoms with E-state index in [0.717, 1.165) is 5.16 Å². The quantitative estimate of drug-likeness (QED) is 0.537. The number of hydrogen-bond donors (Lipinski definition) is 1. The summed E-state index contributed by atoms with van der Waals surface area (Å²) in [7, 11) is 3.25. The van der Waals surface area contributed by atoms with Crippen molar-refractivity contribution in [1.29, 1.82) is 0 Å². The highest BCUT2D eigenvalue weighted by molar-refractivity contribution is 7.99. The van der Waals surface area contributed by atoms with Gasteiger partial charge in [0.25, 0.3) is 0 Å². The highest BCUT2D eigenvalue weighted by Gasteiger charge is 2.43. The monoisotopic (exact) mass is 445 g/mol. The van der Waals surface area contributed by atoms with Crippen LogP contribution in [0.1, 0.15) is 23.2 Å². The number of methoxy groups -OCH3 is 1. The molecule has 1 aromatic heterocycles. The van der Waals surface area contributed by atoms with Crippen LogP contribution in [0.15, 0.2) is 41.8 Å². The molecule has 4 atom stereocenters. The average Bonchev–Trinajstić information content (AvgIpc) is 3.37. The minimum atomic E-state index is -0.585. The van der Waals surface area contributed by atoms with Gasteiger partial charge in [-0.3, -0.25) is 4.79 Å². The molecular weight excluding hydrogens is 418 g/mol. The topological polar surface area (TPSA) is 93.9 Å². The van der Waals surface area contributed by atoms with Gasteiger partial charge in [0.15, 0.2) is 5.16 Å². The van der Waals surface area contributed by atoms with Gasteiger partial charge in [-0.05, 0) is 48.9 Å². The maximum atomic E-state index is 12.7. The Morgan fingerprint density at radius 2 is 1.90 bits per heavy atom. The van der Waals surface area contributed by atoms with Gasteiger partial charge >= 0.3 is 5.97 Å². The number of imidazole rings is 1. The summed E-state index contributed by atoms with van der Waals surface area (Å²) in [6.45, 7) is 1.38. The number of likely N-dealkylation sites (tertiary alicyclic amines) is 1. The van der Waals surface area contributed by atoms with E-state index >= 15 is 0 Å². The number of carbonyl (C=O) groups is 2. The Morgan fingerprint density at radius 3 is 2.55 bits per heavy atom. The molecule has 1 saturated carbocycles. The molecule has 2 aliphatic rings. The van der Waals surface area contributed by atoms with Crippen molar-refractivity contribution in [2.24, 2.45) is 18.9 Å². The molecule has 1 amide bonds. The number of esters is 1. The third kappa shape index (κ3) is 4.88. The van der Waals surface area contributed by atoms with Crippen LogP contribution in [-0.2, 0) is 16.6 Å². The lowest BCUT2D eigenvalue weighted by molar-refractivity contribution is -0.127. The van der Waals surface area contributed by atoms with E-state index in [4.69, 9.17) is 9.47 Å². The van der Waals surface area contributed by atoms with E-state index in [2.05, 4.69) is 4.98 Å². The second-order valence-electron chi connectivity index (χ2n) is 8.14. The van der Waals surface area contributed by atoms with Crippen LogP contribution in [0.2, 0.25) is 0 Å². The summed E-state index contributed by atoms with van der Waals surface area (Å²) < 4.78 is 12.6. The summed E-state index contributed by atoms with van der Waals surface area (Å²) in [5, 5.41) is 11.5. The van der Waals surface area contributed by atoms with Crippen LogP contribution in [0.25, 0.3) is 0 Å².